The predicted molar refractivity (Wildman–Crippen MR) is 81.7 cm³/mol. The maximum absolute atomic E-state index is 11.8. The fourth-order valence-electron chi connectivity index (χ4n) is 2.52. The topological polar surface area (TPSA) is 64.6 Å². The summed E-state index contributed by atoms with van der Waals surface area (Å²) in [5.41, 5.74) is 0. The van der Waals surface area contributed by atoms with E-state index < -0.39 is 6.10 Å². The number of nitrogens with one attached hydrogen (secondary N) is 2. The molecule has 0 aromatic heterocycles. The van der Waals surface area contributed by atoms with Gasteiger partial charge in [-0.2, -0.15) is 0 Å². The van der Waals surface area contributed by atoms with Gasteiger partial charge in [0.25, 0.3) is 0 Å². The second-order valence-corrected chi connectivity index (χ2v) is 6.07. The molecule has 1 saturated heterocycles. The van der Waals surface area contributed by atoms with Crippen LogP contribution in [0.15, 0.2) is 0 Å². The molecule has 3 unspecified atom stereocenters. The second-order valence-electron chi connectivity index (χ2n) is 6.07. The molecule has 5 heteroatoms. The van der Waals surface area contributed by atoms with E-state index in [-0.39, 0.29) is 18.0 Å². The minimum Gasteiger partial charge on any atom is -0.391 e. The van der Waals surface area contributed by atoms with E-state index in [0.29, 0.717) is 6.54 Å². The summed E-state index contributed by atoms with van der Waals surface area (Å²) in [6, 6.07) is -0.0503. The fraction of sp³-hybridized carbons (Fsp3) is 0.933. The molecule has 0 radical (unpaired) electrons. The van der Waals surface area contributed by atoms with Crippen molar-refractivity contribution in [3.63, 3.8) is 0 Å². The number of piperidine rings is 1. The van der Waals surface area contributed by atoms with Crippen molar-refractivity contribution >= 4 is 6.03 Å². The average Bonchev–Trinajstić information content (AvgIpc) is 2.44. The van der Waals surface area contributed by atoms with Gasteiger partial charge in [-0.15, -0.1) is 0 Å². The molecule has 20 heavy (non-hydrogen) atoms. The van der Waals surface area contributed by atoms with Crippen LogP contribution in [0.2, 0.25) is 0 Å². The number of aliphatic hydroxyl groups excluding tert-OH is 1. The summed E-state index contributed by atoms with van der Waals surface area (Å²) < 4.78 is 0. The Kier molecular flexibility index (Phi) is 7.92. The Hall–Kier alpha value is -0.810. The highest BCUT2D eigenvalue weighted by Gasteiger charge is 2.16. The largest absolute Gasteiger partial charge is 0.391 e. The molecule has 5 nitrogen and oxygen atoms in total. The first-order chi connectivity index (χ1) is 9.52. The van der Waals surface area contributed by atoms with Crippen LogP contribution in [0.5, 0.6) is 0 Å². The zero-order valence-corrected chi connectivity index (χ0v) is 13.2. The number of carbonyl (C=O) groups is 1. The van der Waals surface area contributed by atoms with Gasteiger partial charge >= 0.3 is 6.03 Å². The van der Waals surface area contributed by atoms with Crippen LogP contribution in [0.3, 0.4) is 0 Å². The first kappa shape index (κ1) is 17.2. The van der Waals surface area contributed by atoms with E-state index in [2.05, 4.69) is 15.5 Å². The van der Waals surface area contributed by atoms with Gasteiger partial charge in [-0.1, -0.05) is 26.7 Å². The average molecular weight is 285 g/mol. The lowest BCUT2D eigenvalue weighted by atomic mass is 10.0. The van der Waals surface area contributed by atoms with Crippen molar-refractivity contribution in [1.29, 1.82) is 0 Å². The molecular weight excluding hydrogens is 254 g/mol. The van der Waals surface area contributed by atoms with E-state index in [1.807, 2.05) is 20.8 Å². The van der Waals surface area contributed by atoms with Crippen molar-refractivity contribution in [3.05, 3.63) is 0 Å². The van der Waals surface area contributed by atoms with Crippen LogP contribution in [-0.2, 0) is 0 Å². The Bertz CT molecular complexity index is 280. The summed E-state index contributed by atoms with van der Waals surface area (Å²) in [5, 5.41) is 15.5. The van der Waals surface area contributed by atoms with Gasteiger partial charge in [-0.3, -0.25) is 0 Å². The molecule has 0 aromatic rings. The lowest BCUT2D eigenvalue weighted by Crippen LogP contribution is -2.48. The molecule has 0 spiro atoms. The standard InChI is InChI=1S/C15H31N3O2/c1-4-12(2)14(19)10-16-15(20)17-13(3)11-18-8-6-5-7-9-18/h12-14,19H,4-11H2,1-3H3,(H2,16,17,20). The third kappa shape index (κ3) is 6.57. The van der Waals surface area contributed by atoms with Gasteiger partial charge in [-0.25, -0.2) is 4.79 Å². The van der Waals surface area contributed by atoms with Gasteiger partial charge in [0.2, 0.25) is 0 Å². The molecule has 2 amide bonds. The normalized spacial score (nSPS) is 21.0. The summed E-state index contributed by atoms with van der Waals surface area (Å²) in [7, 11) is 0. The lowest BCUT2D eigenvalue weighted by Gasteiger charge is -2.29. The molecule has 3 N–H and O–H groups in total. The zero-order valence-electron chi connectivity index (χ0n) is 13.2. The fourth-order valence-corrected chi connectivity index (χ4v) is 2.52. The number of nitrogens with zero attached hydrogens (tertiary/aromatic N) is 1. The molecule has 0 bridgehead atoms. The third-order valence-electron chi connectivity index (χ3n) is 4.13. The molecule has 1 heterocycles. The van der Waals surface area contributed by atoms with Crippen LogP contribution in [0, 0.1) is 5.92 Å². The van der Waals surface area contributed by atoms with Gasteiger partial charge in [-0.05, 0) is 38.8 Å². The van der Waals surface area contributed by atoms with Gasteiger partial charge in [0.1, 0.15) is 0 Å². The summed E-state index contributed by atoms with van der Waals surface area (Å²) >= 11 is 0. The van der Waals surface area contributed by atoms with Crippen LogP contribution in [0.1, 0.15) is 46.5 Å². The van der Waals surface area contributed by atoms with Crippen LogP contribution in [0.4, 0.5) is 4.79 Å². The number of likely N-dealkylation sites (tertiary alicyclic amines) is 1. The highest BCUT2D eigenvalue weighted by atomic mass is 16.3. The van der Waals surface area contributed by atoms with E-state index >= 15 is 0 Å². The van der Waals surface area contributed by atoms with E-state index in [1.165, 1.54) is 19.3 Å². The maximum Gasteiger partial charge on any atom is 0.315 e. The molecule has 3 atom stereocenters. The molecule has 1 rings (SSSR count). The molecule has 1 aliphatic rings. The van der Waals surface area contributed by atoms with Gasteiger partial charge in [0, 0.05) is 19.1 Å². The summed E-state index contributed by atoms with van der Waals surface area (Å²) in [4.78, 5) is 14.2. The number of hydrogen-bond donors (Lipinski definition) is 3. The number of amides is 2. The smallest absolute Gasteiger partial charge is 0.315 e. The van der Waals surface area contributed by atoms with Gasteiger partial charge < -0.3 is 20.6 Å². The number of aliphatic hydroxyl groups is 1. The van der Waals surface area contributed by atoms with Crippen LogP contribution >= 0.6 is 0 Å². The number of hydrogen-bond acceptors (Lipinski definition) is 3. The Balaban J connectivity index is 2.17. The highest BCUT2D eigenvalue weighted by Crippen LogP contribution is 2.09. The van der Waals surface area contributed by atoms with Crippen LogP contribution < -0.4 is 10.6 Å². The molecular formula is C15H31N3O2. The lowest BCUT2D eigenvalue weighted by molar-refractivity contribution is 0.114. The molecule has 0 aliphatic carbocycles. The van der Waals surface area contributed by atoms with Crippen LogP contribution in [-0.4, -0.2) is 54.4 Å². The van der Waals surface area contributed by atoms with E-state index in [1.54, 1.807) is 0 Å². The van der Waals surface area contributed by atoms with Gasteiger partial charge in [0.05, 0.1) is 6.10 Å². The predicted octanol–water partition coefficient (Wildman–Crippen LogP) is 1.57. The Morgan fingerprint density at radius 1 is 1.25 bits per heavy atom. The summed E-state index contributed by atoms with van der Waals surface area (Å²) in [5.74, 6) is 0.209. The quantitative estimate of drug-likeness (QED) is 0.665. The van der Waals surface area contributed by atoms with Crippen molar-refractivity contribution in [3.8, 4) is 0 Å². The molecule has 0 aromatic carbocycles. The first-order valence-electron chi connectivity index (χ1n) is 7.97. The SMILES string of the molecule is CCC(C)C(O)CNC(=O)NC(C)CN1CCCCC1. The maximum atomic E-state index is 11.8. The summed E-state index contributed by atoms with van der Waals surface area (Å²) in [6.45, 7) is 9.55. The second kappa shape index (κ2) is 9.19. The van der Waals surface area contributed by atoms with E-state index in [0.717, 1.165) is 26.1 Å². The number of rotatable bonds is 7. The van der Waals surface area contributed by atoms with Crippen molar-refractivity contribution in [2.45, 2.75) is 58.6 Å². The molecule has 0 saturated carbocycles. The first-order valence-corrected chi connectivity index (χ1v) is 7.97. The van der Waals surface area contributed by atoms with E-state index in [9.17, 15) is 9.90 Å². The monoisotopic (exact) mass is 285 g/mol. The van der Waals surface area contributed by atoms with Crippen molar-refractivity contribution in [2.24, 2.45) is 5.92 Å². The number of carbonyl (C=O) groups excluding carboxylic acids is 1. The van der Waals surface area contributed by atoms with E-state index in [4.69, 9.17) is 0 Å². The van der Waals surface area contributed by atoms with Crippen molar-refractivity contribution in [1.82, 2.24) is 15.5 Å². The molecule has 118 valence electrons. The zero-order chi connectivity index (χ0) is 15.0. The Morgan fingerprint density at radius 3 is 2.50 bits per heavy atom. The highest BCUT2D eigenvalue weighted by molar-refractivity contribution is 5.74. The van der Waals surface area contributed by atoms with Crippen molar-refractivity contribution < 1.29 is 9.90 Å². The summed E-state index contributed by atoms with van der Waals surface area (Å²) in [6.07, 6.45) is 4.30. The van der Waals surface area contributed by atoms with Gasteiger partial charge in [0.15, 0.2) is 0 Å². The van der Waals surface area contributed by atoms with Crippen molar-refractivity contribution in [2.75, 3.05) is 26.2 Å². The Labute approximate surface area is 123 Å². The Morgan fingerprint density at radius 2 is 1.90 bits per heavy atom. The molecule has 1 fully saturated rings. The minimum absolute atomic E-state index is 0.133. The third-order valence-corrected chi connectivity index (χ3v) is 4.13. The number of urea groups is 1. The van der Waals surface area contributed by atoms with Crippen LogP contribution in [0.25, 0.3) is 0 Å². The molecule has 1 aliphatic heterocycles. The minimum atomic E-state index is -0.469.